The largest absolute Gasteiger partial charge is 0.480 e. The maximum atomic E-state index is 11.0. The van der Waals surface area contributed by atoms with Gasteiger partial charge < -0.3 is 10.4 Å². The fraction of sp³-hybridized carbons (Fsp3) is 0.533. The van der Waals surface area contributed by atoms with Crippen molar-refractivity contribution < 1.29 is 9.90 Å². The Labute approximate surface area is 107 Å². The number of rotatable bonds is 3. The van der Waals surface area contributed by atoms with E-state index in [-0.39, 0.29) is 6.04 Å². The minimum absolute atomic E-state index is 0.333. The van der Waals surface area contributed by atoms with Crippen molar-refractivity contribution in [1.29, 1.82) is 0 Å². The van der Waals surface area contributed by atoms with Crippen LogP contribution < -0.4 is 5.32 Å². The maximum absolute atomic E-state index is 11.0. The summed E-state index contributed by atoms with van der Waals surface area (Å²) in [6, 6.07) is 10.6. The molecule has 4 atom stereocenters. The predicted molar refractivity (Wildman–Crippen MR) is 69.5 cm³/mol. The van der Waals surface area contributed by atoms with Gasteiger partial charge in [0.1, 0.15) is 6.04 Å². The molecule has 1 saturated carbocycles. The molecular formula is C15H19NO2. The molecule has 1 aromatic carbocycles. The van der Waals surface area contributed by atoms with Crippen LogP contribution in [0, 0.1) is 5.92 Å². The number of nitrogens with one attached hydrogen (secondary N) is 1. The Morgan fingerprint density at radius 2 is 2.00 bits per heavy atom. The van der Waals surface area contributed by atoms with Crippen LogP contribution in [0.5, 0.6) is 0 Å². The first-order valence-corrected chi connectivity index (χ1v) is 6.79. The number of hydrogen-bond acceptors (Lipinski definition) is 2. The summed E-state index contributed by atoms with van der Waals surface area (Å²) in [5.74, 6) is 0.572. The second kappa shape index (κ2) is 4.73. The van der Waals surface area contributed by atoms with E-state index in [1.807, 2.05) is 6.07 Å². The number of benzene rings is 1. The number of carboxylic acids is 1. The summed E-state index contributed by atoms with van der Waals surface area (Å²) in [5.41, 5.74) is 1.40. The monoisotopic (exact) mass is 245 g/mol. The van der Waals surface area contributed by atoms with Crippen molar-refractivity contribution in [2.24, 2.45) is 5.92 Å². The molecule has 1 aliphatic carbocycles. The zero-order valence-corrected chi connectivity index (χ0v) is 10.4. The topological polar surface area (TPSA) is 49.3 Å². The van der Waals surface area contributed by atoms with Gasteiger partial charge in [-0.1, -0.05) is 30.3 Å². The first-order chi connectivity index (χ1) is 8.75. The predicted octanol–water partition coefficient (Wildman–Crippen LogP) is 2.39. The van der Waals surface area contributed by atoms with Crippen LogP contribution >= 0.6 is 0 Å². The lowest BCUT2D eigenvalue weighted by atomic mass is 9.94. The summed E-state index contributed by atoms with van der Waals surface area (Å²) in [4.78, 5) is 11.0. The Hall–Kier alpha value is -1.35. The van der Waals surface area contributed by atoms with Crippen LogP contribution in [0.3, 0.4) is 0 Å². The Morgan fingerprint density at radius 3 is 2.72 bits per heavy atom. The standard InChI is InChI=1S/C15H19NO2/c17-15(18)14-8-4-7-13(16-14)12-9-11(12)10-5-2-1-3-6-10/h1-3,5-6,11-14,16H,4,7-9H2,(H,17,18). The molecule has 3 heteroatoms. The van der Waals surface area contributed by atoms with Gasteiger partial charge in [0.15, 0.2) is 0 Å². The summed E-state index contributed by atoms with van der Waals surface area (Å²) in [6.07, 6.45) is 4.13. The summed E-state index contributed by atoms with van der Waals surface area (Å²) >= 11 is 0. The van der Waals surface area contributed by atoms with Gasteiger partial charge in [-0.05, 0) is 43.1 Å². The van der Waals surface area contributed by atoms with E-state index in [0.717, 1.165) is 19.3 Å². The highest BCUT2D eigenvalue weighted by molar-refractivity contribution is 5.73. The van der Waals surface area contributed by atoms with Crippen molar-refractivity contribution in [2.75, 3.05) is 0 Å². The quantitative estimate of drug-likeness (QED) is 0.859. The van der Waals surface area contributed by atoms with Crippen molar-refractivity contribution in [3.05, 3.63) is 35.9 Å². The summed E-state index contributed by atoms with van der Waals surface area (Å²) in [5, 5.41) is 12.4. The Morgan fingerprint density at radius 1 is 1.22 bits per heavy atom. The molecule has 1 saturated heterocycles. The fourth-order valence-corrected chi connectivity index (χ4v) is 3.24. The van der Waals surface area contributed by atoms with Gasteiger partial charge >= 0.3 is 5.97 Å². The van der Waals surface area contributed by atoms with E-state index in [0.29, 0.717) is 17.9 Å². The summed E-state index contributed by atoms with van der Waals surface area (Å²) in [7, 11) is 0. The zero-order valence-electron chi connectivity index (χ0n) is 10.4. The van der Waals surface area contributed by atoms with Crippen molar-refractivity contribution in [2.45, 2.75) is 43.7 Å². The molecule has 4 unspecified atom stereocenters. The molecule has 0 radical (unpaired) electrons. The fourth-order valence-electron chi connectivity index (χ4n) is 3.24. The SMILES string of the molecule is O=C(O)C1CCCC(C2CC2c2ccccc2)N1. The highest BCUT2D eigenvalue weighted by Crippen LogP contribution is 2.51. The molecule has 3 nitrogen and oxygen atoms in total. The molecular weight excluding hydrogens is 226 g/mol. The maximum Gasteiger partial charge on any atom is 0.320 e. The molecule has 2 fully saturated rings. The molecule has 96 valence electrons. The minimum Gasteiger partial charge on any atom is -0.480 e. The Bertz CT molecular complexity index is 431. The molecule has 0 amide bonds. The van der Waals surface area contributed by atoms with E-state index in [4.69, 9.17) is 5.11 Å². The molecule has 18 heavy (non-hydrogen) atoms. The van der Waals surface area contributed by atoms with Crippen molar-refractivity contribution >= 4 is 5.97 Å². The first kappa shape index (κ1) is 11.7. The summed E-state index contributed by atoms with van der Waals surface area (Å²) < 4.78 is 0. The number of piperidine rings is 1. The molecule has 1 heterocycles. The minimum atomic E-state index is -0.698. The lowest BCUT2D eigenvalue weighted by Crippen LogP contribution is -2.47. The third-order valence-electron chi connectivity index (χ3n) is 4.31. The summed E-state index contributed by atoms with van der Waals surface area (Å²) in [6.45, 7) is 0. The highest BCUT2D eigenvalue weighted by atomic mass is 16.4. The molecule has 2 N–H and O–H groups in total. The lowest BCUT2D eigenvalue weighted by molar-refractivity contribution is -0.140. The van der Waals surface area contributed by atoms with Gasteiger partial charge in [-0.3, -0.25) is 4.79 Å². The molecule has 3 rings (SSSR count). The average molecular weight is 245 g/mol. The van der Waals surface area contributed by atoms with Gasteiger partial charge in [-0.15, -0.1) is 0 Å². The Balaban J connectivity index is 1.62. The molecule has 0 bridgehead atoms. The van der Waals surface area contributed by atoms with Gasteiger partial charge in [0.2, 0.25) is 0 Å². The van der Waals surface area contributed by atoms with E-state index in [1.165, 1.54) is 12.0 Å². The number of aliphatic carboxylic acids is 1. The average Bonchev–Trinajstić information content (AvgIpc) is 3.20. The molecule has 1 aliphatic heterocycles. The van der Waals surface area contributed by atoms with Gasteiger partial charge in [0.05, 0.1) is 0 Å². The van der Waals surface area contributed by atoms with Crippen LogP contribution in [0.1, 0.15) is 37.2 Å². The van der Waals surface area contributed by atoms with Crippen LogP contribution in [0.4, 0.5) is 0 Å². The lowest BCUT2D eigenvalue weighted by Gasteiger charge is -2.29. The van der Waals surface area contributed by atoms with E-state index < -0.39 is 5.97 Å². The second-order valence-corrected chi connectivity index (χ2v) is 5.51. The van der Waals surface area contributed by atoms with Crippen molar-refractivity contribution in [1.82, 2.24) is 5.32 Å². The Kier molecular flexibility index (Phi) is 3.08. The van der Waals surface area contributed by atoms with E-state index in [1.54, 1.807) is 0 Å². The number of carboxylic acid groups (broad SMARTS) is 1. The van der Waals surface area contributed by atoms with Gasteiger partial charge in [-0.2, -0.15) is 0 Å². The zero-order chi connectivity index (χ0) is 12.5. The van der Waals surface area contributed by atoms with Gasteiger partial charge in [0.25, 0.3) is 0 Å². The van der Waals surface area contributed by atoms with E-state index >= 15 is 0 Å². The van der Waals surface area contributed by atoms with Crippen molar-refractivity contribution in [3.63, 3.8) is 0 Å². The third-order valence-corrected chi connectivity index (χ3v) is 4.31. The van der Waals surface area contributed by atoms with Crippen LogP contribution in [0.25, 0.3) is 0 Å². The smallest absolute Gasteiger partial charge is 0.320 e. The highest BCUT2D eigenvalue weighted by Gasteiger charge is 2.45. The van der Waals surface area contributed by atoms with Gasteiger partial charge in [-0.25, -0.2) is 0 Å². The van der Waals surface area contributed by atoms with Crippen LogP contribution in [0.2, 0.25) is 0 Å². The van der Waals surface area contributed by atoms with Crippen molar-refractivity contribution in [3.8, 4) is 0 Å². The number of carbonyl (C=O) groups is 1. The van der Waals surface area contributed by atoms with Crippen LogP contribution in [-0.2, 0) is 4.79 Å². The number of hydrogen-bond donors (Lipinski definition) is 2. The van der Waals surface area contributed by atoms with E-state index in [2.05, 4.69) is 29.6 Å². The third kappa shape index (κ3) is 2.27. The van der Waals surface area contributed by atoms with Crippen LogP contribution in [-0.4, -0.2) is 23.2 Å². The molecule has 0 spiro atoms. The first-order valence-electron chi connectivity index (χ1n) is 6.79. The molecule has 1 aromatic rings. The second-order valence-electron chi connectivity index (χ2n) is 5.51. The molecule has 2 aliphatic rings. The normalized spacial score (nSPS) is 35.1. The molecule has 0 aromatic heterocycles. The van der Waals surface area contributed by atoms with E-state index in [9.17, 15) is 4.79 Å². The van der Waals surface area contributed by atoms with Crippen LogP contribution in [0.15, 0.2) is 30.3 Å². The van der Waals surface area contributed by atoms with Gasteiger partial charge in [0, 0.05) is 6.04 Å².